The van der Waals surface area contributed by atoms with Crippen molar-refractivity contribution in [2.24, 2.45) is 0 Å². The van der Waals surface area contributed by atoms with E-state index < -0.39 is 0 Å². The van der Waals surface area contributed by atoms with Gasteiger partial charge in [0.1, 0.15) is 0 Å². The van der Waals surface area contributed by atoms with Gasteiger partial charge in [0, 0.05) is 43.7 Å². The summed E-state index contributed by atoms with van der Waals surface area (Å²) in [5.74, 6) is -0.360. The minimum Gasteiger partial charge on any atom is -0.399 e. The van der Waals surface area contributed by atoms with E-state index in [1.54, 1.807) is 54.2 Å². The number of rotatable bonds is 6. The zero-order chi connectivity index (χ0) is 24.1. The van der Waals surface area contributed by atoms with Gasteiger partial charge in [-0.05, 0) is 103 Å². The maximum Gasteiger partial charge on any atom is 0.255 e. The Hall–Kier alpha value is -4.23. The molecule has 0 heterocycles. The summed E-state index contributed by atoms with van der Waals surface area (Å²) in [7, 11) is 0. The van der Waals surface area contributed by atoms with Gasteiger partial charge in [-0.2, -0.15) is 0 Å². The van der Waals surface area contributed by atoms with Crippen molar-refractivity contribution >= 4 is 46.3 Å². The Kier molecular flexibility index (Phi) is 6.85. The highest BCUT2D eigenvalue weighted by atomic mass is 32.2. The van der Waals surface area contributed by atoms with Gasteiger partial charge in [-0.25, -0.2) is 0 Å². The summed E-state index contributed by atoms with van der Waals surface area (Å²) in [6.07, 6.45) is 0. The molecule has 170 valence electrons. The molecule has 6 nitrogen and oxygen atoms in total. The molecule has 0 aromatic heterocycles. The van der Waals surface area contributed by atoms with E-state index in [4.69, 9.17) is 11.5 Å². The quantitative estimate of drug-likeness (QED) is 0.267. The molecule has 0 saturated heterocycles. The standard InChI is InChI=1S/C27H24N4O2S/c1-17-16-20(29)6-15-25(17)27(33)31-22-9-13-24(14-10-22)34-23-11-7-21(8-12-23)30-26(32)18-2-4-19(28)5-3-18/h2-16H,28-29H2,1H3,(H,30,32)(H,31,33). The zero-order valence-corrected chi connectivity index (χ0v) is 19.4. The molecule has 0 fully saturated rings. The maximum atomic E-state index is 12.5. The van der Waals surface area contributed by atoms with Gasteiger partial charge in [-0.1, -0.05) is 11.8 Å². The molecule has 0 aliphatic rings. The molecule has 0 spiro atoms. The maximum absolute atomic E-state index is 12.5. The van der Waals surface area contributed by atoms with Crippen molar-refractivity contribution in [2.45, 2.75) is 16.7 Å². The molecule has 4 aromatic rings. The smallest absolute Gasteiger partial charge is 0.255 e. The lowest BCUT2D eigenvalue weighted by molar-refractivity contribution is 0.101. The van der Waals surface area contributed by atoms with E-state index in [0.29, 0.717) is 33.9 Å². The average Bonchev–Trinajstić information content (AvgIpc) is 2.82. The molecule has 0 atom stereocenters. The Balaban J connectivity index is 1.34. The van der Waals surface area contributed by atoms with Crippen LogP contribution in [0, 0.1) is 6.92 Å². The lowest BCUT2D eigenvalue weighted by Crippen LogP contribution is -2.13. The lowest BCUT2D eigenvalue weighted by atomic mass is 10.1. The molecule has 0 unspecified atom stereocenters. The minimum atomic E-state index is -0.188. The summed E-state index contributed by atoms with van der Waals surface area (Å²) in [4.78, 5) is 26.9. The Morgan fingerprint density at radius 3 is 1.68 bits per heavy atom. The molecule has 0 radical (unpaired) electrons. The number of benzene rings is 4. The van der Waals surface area contributed by atoms with Crippen LogP contribution in [0.3, 0.4) is 0 Å². The second kappa shape index (κ2) is 10.1. The number of nitrogens with two attached hydrogens (primary N) is 2. The second-order valence-corrected chi connectivity index (χ2v) is 8.90. The van der Waals surface area contributed by atoms with E-state index in [2.05, 4.69) is 10.6 Å². The Labute approximate surface area is 202 Å². The van der Waals surface area contributed by atoms with E-state index in [1.165, 1.54) is 0 Å². The fourth-order valence-electron chi connectivity index (χ4n) is 3.33. The molecule has 0 bridgehead atoms. The van der Waals surface area contributed by atoms with Crippen molar-refractivity contribution in [2.75, 3.05) is 22.1 Å². The molecule has 34 heavy (non-hydrogen) atoms. The van der Waals surface area contributed by atoms with E-state index in [-0.39, 0.29) is 11.8 Å². The molecule has 0 aliphatic carbocycles. The van der Waals surface area contributed by atoms with Crippen LogP contribution in [0.5, 0.6) is 0 Å². The predicted molar refractivity (Wildman–Crippen MR) is 139 cm³/mol. The first-order valence-electron chi connectivity index (χ1n) is 10.6. The fourth-order valence-corrected chi connectivity index (χ4v) is 4.14. The normalized spacial score (nSPS) is 10.5. The van der Waals surface area contributed by atoms with Gasteiger partial charge >= 0.3 is 0 Å². The van der Waals surface area contributed by atoms with Crippen LogP contribution < -0.4 is 22.1 Å². The number of amides is 2. The van der Waals surface area contributed by atoms with Gasteiger partial charge in [-0.15, -0.1) is 0 Å². The van der Waals surface area contributed by atoms with Crippen LogP contribution in [0.1, 0.15) is 26.3 Å². The first-order chi connectivity index (χ1) is 16.4. The van der Waals surface area contributed by atoms with Gasteiger partial charge < -0.3 is 22.1 Å². The third-order valence-corrected chi connectivity index (χ3v) is 6.14. The van der Waals surface area contributed by atoms with E-state index >= 15 is 0 Å². The van der Waals surface area contributed by atoms with E-state index in [1.807, 2.05) is 55.5 Å². The van der Waals surface area contributed by atoms with Crippen LogP contribution in [0.2, 0.25) is 0 Å². The molecule has 2 amide bonds. The van der Waals surface area contributed by atoms with Crippen LogP contribution in [0.15, 0.2) is 101 Å². The summed E-state index contributed by atoms with van der Waals surface area (Å²) < 4.78 is 0. The Morgan fingerprint density at radius 1 is 0.647 bits per heavy atom. The highest BCUT2D eigenvalue weighted by molar-refractivity contribution is 7.99. The van der Waals surface area contributed by atoms with Gasteiger partial charge in [0.15, 0.2) is 0 Å². The van der Waals surface area contributed by atoms with Crippen molar-refractivity contribution in [3.05, 3.63) is 108 Å². The monoisotopic (exact) mass is 468 g/mol. The summed E-state index contributed by atoms with van der Waals surface area (Å²) in [5.41, 5.74) is 16.1. The van der Waals surface area contributed by atoms with Crippen LogP contribution in [0.25, 0.3) is 0 Å². The van der Waals surface area contributed by atoms with Gasteiger partial charge in [0.2, 0.25) is 0 Å². The number of carbonyl (C=O) groups is 2. The number of carbonyl (C=O) groups excluding carboxylic acids is 2. The number of anilines is 4. The second-order valence-electron chi connectivity index (χ2n) is 7.76. The Bertz CT molecular complexity index is 1320. The van der Waals surface area contributed by atoms with Crippen molar-refractivity contribution < 1.29 is 9.59 Å². The van der Waals surface area contributed by atoms with Gasteiger partial charge in [0.25, 0.3) is 11.8 Å². The molecule has 0 saturated carbocycles. The molecular formula is C27H24N4O2S. The molecule has 4 aromatic carbocycles. The first kappa shape index (κ1) is 22.9. The molecule has 4 rings (SSSR count). The third-order valence-electron chi connectivity index (χ3n) is 5.13. The number of hydrogen-bond donors (Lipinski definition) is 4. The van der Waals surface area contributed by atoms with Crippen LogP contribution >= 0.6 is 11.8 Å². The Morgan fingerprint density at radius 2 is 1.15 bits per heavy atom. The van der Waals surface area contributed by atoms with Crippen molar-refractivity contribution in [1.29, 1.82) is 0 Å². The number of nitrogens with one attached hydrogen (secondary N) is 2. The third kappa shape index (κ3) is 5.76. The lowest BCUT2D eigenvalue weighted by Gasteiger charge is -2.09. The number of nitrogen functional groups attached to an aromatic ring is 2. The van der Waals surface area contributed by atoms with Crippen molar-refractivity contribution in [3.63, 3.8) is 0 Å². The van der Waals surface area contributed by atoms with Crippen LogP contribution in [-0.4, -0.2) is 11.8 Å². The molecule has 6 N–H and O–H groups in total. The summed E-state index contributed by atoms with van der Waals surface area (Å²) in [6, 6.07) is 27.3. The van der Waals surface area contributed by atoms with Crippen molar-refractivity contribution in [1.82, 2.24) is 0 Å². The molecule has 7 heteroatoms. The molecule has 0 aliphatic heterocycles. The topological polar surface area (TPSA) is 110 Å². The average molecular weight is 469 g/mol. The van der Waals surface area contributed by atoms with E-state index in [9.17, 15) is 9.59 Å². The van der Waals surface area contributed by atoms with Crippen LogP contribution in [-0.2, 0) is 0 Å². The molecular weight excluding hydrogens is 444 g/mol. The van der Waals surface area contributed by atoms with Gasteiger partial charge in [-0.3, -0.25) is 9.59 Å². The number of aryl methyl sites for hydroxylation is 1. The fraction of sp³-hybridized carbons (Fsp3) is 0.0370. The highest BCUT2D eigenvalue weighted by Gasteiger charge is 2.10. The predicted octanol–water partition coefficient (Wildman–Crippen LogP) is 5.82. The van der Waals surface area contributed by atoms with E-state index in [0.717, 1.165) is 15.4 Å². The first-order valence-corrected chi connectivity index (χ1v) is 11.4. The van der Waals surface area contributed by atoms with Gasteiger partial charge in [0.05, 0.1) is 0 Å². The number of hydrogen-bond acceptors (Lipinski definition) is 5. The largest absolute Gasteiger partial charge is 0.399 e. The zero-order valence-electron chi connectivity index (χ0n) is 18.5. The summed E-state index contributed by atoms with van der Waals surface area (Å²) in [6.45, 7) is 1.86. The van der Waals surface area contributed by atoms with Crippen molar-refractivity contribution in [3.8, 4) is 0 Å². The van der Waals surface area contributed by atoms with Crippen LogP contribution in [0.4, 0.5) is 22.7 Å². The SMILES string of the molecule is Cc1cc(N)ccc1C(=O)Nc1ccc(Sc2ccc(NC(=O)c3ccc(N)cc3)cc2)cc1. The highest BCUT2D eigenvalue weighted by Crippen LogP contribution is 2.29. The summed E-state index contributed by atoms with van der Waals surface area (Å²) in [5, 5.41) is 5.79. The summed E-state index contributed by atoms with van der Waals surface area (Å²) >= 11 is 1.59. The minimum absolute atomic E-state index is 0.172.